The Morgan fingerprint density at radius 2 is 2.33 bits per heavy atom. The first-order chi connectivity index (χ1) is 7.33. The number of carbonyl (C=O) groups excluding carboxylic acids is 1. The highest BCUT2D eigenvalue weighted by atomic mass is 32.1. The molecular formula is C10H17N3OS. The van der Waals surface area contributed by atoms with Crippen molar-refractivity contribution >= 4 is 17.2 Å². The van der Waals surface area contributed by atoms with E-state index in [0.29, 0.717) is 19.5 Å². The number of aromatic nitrogens is 1. The van der Waals surface area contributed by atoms with E-state index in [1.54, 1.807) is 5.51 Å². The van der Waals surface area contributed by atoms with Crippen LogP contribution in [0.15, 0.2) is 10.9 Å². The van der Waals surface area contributed by atoms with E-state index in [1.807, 2.05) is 5.38 Å². The smallest absolute Gasteiger partial charge is 0.220 e. The summed E-state index contributed by atoms with van der Waals surface area (Å²) in [6.45, 7) is 1.25. The third-order valence-electron chi connectivity index (χ3n) is 2.06. The topological polar surface area (TPSA) is 68.0 Å². The van der Waals surface area contributed by atoms with Crippen molar-refractivity contribution in [2.24, 2.45) is 5.73 Å². The highest BCUT2D eigenvalue weighted by Crippen LogP contribution is 2.01. The molecule has 0 aliphatic carbocycles. The number of nitrogens with one attached hydrogen (secondary N) is 1. The maximum absolute atomic E-state index is 11.3. The minimum atomic E-state index is 0.0972. The maximum atomic E-state index is 11.3. The summed E-state index contributed by atoms with van der Waals surface area (Å²) in [5.41, 5.74) is 8.05. The summed E-state index contributed by atoms with van der Waals surface area (Å²) < 4.78 is 0. The van der Waals surface area contributed by atoms with Crippen LogP contribution in [-0.4, -0.2) is 17.4 Å². The van der Waals surface area contributed by atoms with Gasteiger partial charge in [0.15, 0.2) is 0 Å². The Bertz CT molecular complexity index is 274. The van der Waals surface area contributed by atoms with Crippen molar-refractivity contribution in [3.63, 3.8) is 0 Å². The Balaban J connectivity index is 2.04. The minimum Gasteiger partial charge on any atom is -0.350 e. The van der Waals surface area contributed by atoms with Crippen LogP contribution in [0.5, 0.6) is 0 Å². The Hall–Kier alpha value is -0.940. The number of hydrogen-bond donors (Lipinski definition) is 2. The molecule has 4 nitrogen and oxygen atoms in total. The van der Waals surface area contributed by atoms with Crippen LogP contribution >= 0.6 is 11.3 Å². The van der Waals surface area contributed by atoms with Gasteiger partial charge in [-0.1, -0.05) is 6.42 Å². The van der Waals surface area contributed by atoms with E-state index in [-0.39, 0.29) is 5.91 Å². The zero-order valence-corrected chi connectivity index (χ0v) is 9.55. The van der Waals surface area contributed by atoms with Crippen LogP contribution in [-0.2, 0) is 11.3 Å². The molecule has 0 fully saturated rings. The number of thiazole rings is 1. The fourth-order valence-electron chi connectivity index (χ4n) is 1.21. The van der Waals surface area contributed by atoms with Crippen molar-refractivity contribution in [1.82, 2.24) is 10.3 Å². The van der Waals surface area contributed by atoms with E-state index in [9.17, 15) is 4.79 Å². The van der Waals surface area contributed by atoms with Crippen LogP contribution < -0.4 is 11.1 Å². The number of nitrogens with two attached hydrogens (primary N) is 1. The van der Waals surface area contributed by atoms with Gasteiger partial charge < -0.3 is 11.1 Å². The molecule has 0 radical (unpaired) electrons. The Kier molecular flexibility index (Phi) is 5.96. The van der Waals surface area contributed by atoms with E-state index < -0.39 is 0 Å². The Labute approximate surface area is 93.9 Å². The van der Waals surface area contributed by atoms with Crippen molar-refractivity contribution in [2.75, 3.05) is 6.54 Å². The van der Waals surface area contributed by atoms with Gasteiger partial charge in [0.2, 0.25) is 5.91 Å². The molecule has 15 heavy (non-hydrogen) atoms. The van der Waals surface area contributed by atoms with Gasteiger partial charge >= 0.3 is 0 Å². The van der Waals surface area contributed by atoms with Crippen molar-refractivity contribution in [1.29, 1.82) is 0 Å². The van der Waals surface area contributed by atoms with Crippen molar-refractivity contribution < 1.29 is 4.79 Å². The molecule has 0 atom stereocenters. The van der Waals surface area contributed by atoms with Gasteiger partial charge in [0.1, 0.15) is 0 Å². The molecule has 5 heteroatoms. The SMILES string of the molecule is NCCCCCC(=O)NCc1cscn1. The monoisotopic (exact) mass is 227 g/mol. The molecule has 0 saturated carbocycles. The van der Waals surface area contributed by atoms with Crippen molar-refractivity contribution in [3.05, 3.63) is 16.6 Å². The third-order valence-corrected chi connectivity index (χ3v) is 2.69. The molecule has 1 heterocycles. The van der Waals surface area contributed by atoms with E-state index in [1.165, 1.54) is 11.3 Å². The number of unbranched alkanes of at least 4 members (excludes halogenated alkanes) is 2. The van der Waals surface area contributed by atoms with Gasteiger partial charge in [0.25, 0.3) is 0 Å². The normalized spacial score (nSPS) is 10.2. The number of hydrogen-bond acceptors (Lipinski definition) is 4. The van der Waals surface area contributed by atoms with Crippen molar-refractivity contribution in [2.45, 2.75) is 32.2 Å². The molecule has 0 unspecified atom stereocenters. The maximum Gasteiger partial charge on any atom is 0.220 e. The van der Waals surface area contributed by atoms with E-state index >= 15 is 0 Å². The second-order valence-electron chi connectivity index (χ2n) is 3.36. The van der Waals surface area contributed by atoms with Gasteiger partial charge in [-0.2, -0.15) is 0 Å². The second-order valence-corrected chi connectivity index (χ2v) is 4.07. The second kappa shape index (κ2) is 7.36. The molecule has 0 spiro atoms. The predicted molar refractivity (Wildman–Crippen MR) is 61.5 cm³/mol. The lowest BCUT2D eigenvalue weighted by atomic mass is 10.2. The first-order valence-electron chi connectivity index (χ1n) is 5.16. The summed E-state index contributed by atoms with van der Waals surface area (Å²) >= 11 is 1.54. The number of amides is 1. The molecule has 0 aliphatic rings. The standard InChI is InChI=1S/C10H17N3OS/c11-5-3-1-2-4-10(14)12-6-9-7-15-8-13-9/h7-8H,1-6,11H2,(H,12,14). The largest absolute Gasteiger partial charge is 0.350 e. The predicted octanol–water partition coefficient (Wildman–Crippen LogP) is 1.28. The minimum absolute atomic E-state index is 0.0972. The summed E-state index contributed by atoms with van der Waals surface area (Å²) in [7, 11) is 0. The quantitative estimate of drug-likeness (QED) is 0.689. The lowest BCUT2D eigenvalue weighted by Crippen LogP contribution is -2.22. The van der Waals surface area contributed by atoms with Crippen LogP contribution in [0.3, 0.4) is 0 Å². The number of rotatable bonds is 7. The molecule has 84 valence electrons. The first-order valence-corrected chi connectivity index (χ1v) is 6.11. The molecule has 0 bridgehead atoms. The zero-order valence-electron chi connectivity index (χ0n) is 8.74. The van der Waals surface area contributed by atoms with E-state index in [4.69, 9.17) is 5.73 Å². The number of nitrogens with zero attached hydrogens (tertiary/aromatic N) is 1. The zero-order chi connectivity index (χ0) is 10.9. The summed E-state index contributed by atoms with van der Waals surface area (Å²) in [4.78, 5) is 15.4. The van der Waals surface area contributed by atoms with Crippen molar-refractivity contribution in [3.8, 4) is 0 Å². The summed E-state index contributed by atoms with van der Waals surface area (Å²) in [6, 6.07) is 0. The molecular weight excluding hydrogens is 210 g/mol. The van der Waals surface area contributed by atoms with Crippen LogP contribution in [0.2, 0.25) is 0 Å². The van der Waals surface area contributed by atoms with Gasteiger partial charge in [-0.3, -0.25) is 4.79 Å². The van der Waals surface area contributed by atoms with Gasteiger partial charge in [0, 0.05) is 11.8 Å². The Morgan fingerprint density at radius 1 is 1.47 bits per heavy atom. The molecule has 0 aliphatic heterocycles. The lowest BCUT2D eigenvalue weighted by molar-refractivity contribution is -0.121. The summed E-state index contributed by atoms with van der Waals surface area (Å²) in [6.07, 6.45) is 3.53. The molecule has 1 rings (SSSR count). The lowest BCUT2D eigenvalue weighted by Gasteiger charge is -2.02. The van der Waals surface area contributed by atoms with Crippen LogP contribution in [0.4, 0.5) is 0 Å². The molecule has 0 aromatic carbocycles. The first kappa shape index (κ1) is 12.1. The van der Waals surface area contributed by atoms with Gasteiger partial charge in [0.05, 0.1) is 17.7 Å². The molecule has 1 amide bonds. The van der Waals surface area contributed by atoms with Gasteiger partial charge in [-0.15, -0.1) is 11.3 Å². The van der Waals surface area contributed by atoms with Gasteiger partial charge in [-0.05, 0) is 19.4 Å². The van der Waals surface area contributed by atoms with Crippen LogP contribution in [0, 0.1) is 0 Å². The van der Waals surface area contributed by atoms with Crippen LogP contribution in [0.1, 0.15) is 31.4 Å². The highest BCUT2D eigenvalue weighted by molar-refractivity contribution is 7.07. The average molecular weight is 227 g/mol. The summed E-state index contributed by atoms with van der Waals surface area (Å²) in [5.74, 6) is 0.0972. The molecule has 3 N–H and O–H groups in total. The number of carbonyl (C=O) groups is 1. The fraction of sp³-hybridized carbons (Fsp3) is 0.600. The molecule has 1 aromatic rings. The molecule has 0 saturated heterocycles. The van der Waals surface area contributed by atoms with Crippen LogP contribution in [0.25, 0.3) is 0 Å². The summed E-state index contributed by atoms with van der Waals surface area (Å²) in [5, 5.41) is 4.78. The van der Waals surface area contributed by atoms with E-state index in [2.05, 4.69) is 10.3 Å². The average Bonchev–Trinajstić information content (AvgIpc) is 2.74. The fourth-order valence-corrected chi connectivity index (χ4v) is 1.77. The third kappa shape index (κ3) is 5.49. The van der Waals surface area contributed by atoms with Gasteiger partial charge in [-0.25, -0.2) is 4.98 Å². The van der Waals surface area contributed by atoms with E-state index in [0.717, 1.165) is 25.0 Å². The Morgan fingerprint density at radius 3 is 3.00 bits per heavy atom. The highest BCUT2D eigenvalue weighted by Gasteiger charge is 2.01. The molecule has 1 aromatic heterocycles.